The number of thiocarbonyl (C=S) groups is 1. The van der Waals surface area contributed by atoms with Gasteiger partial charge in [-0.2, -0.15) is 0 Å². The van der Waals surface area contributed by atoms with Crippen molar-refractivity contribution < 1.29 is 0 Å². The van der Waals surface area contributed by atoms with Gasteiger partial charge in [0.15, 0.2) is 5.11 Å². The molecule has 8 heteroatoms. The van der Waals surface area contributed by atoms with Crippen molar-refractivity contribution >= 4 is 28.8 Å². The molecule has 1 aromatic heterocycles. The number of nitrogens with two attached hydrogens (primary N) is 1. The Morgan fingerprint density at radius 2 is 2.04 bits per heavy atom. The number of aromatic amines is 1. The molecule has 1 heterocycles. The number of hydrogen-bond donors (Lipinski definition) is 3. The van der Waals surface area contributed by atoms with Crippen LogP contribution < -0.4 is 27.2 Å². The van der Waals surface area contributed by atoms with E-state index in [2.05, 4.69) is 10.3 Å². The van der Waals surface area contributed by atoms with Crippen LogP contribution in [0, 0.1) is 0 Å². The van der Waals surface area contributed by atoms with E-state index in [4.69, 9.17) is 18.0 Å². The first kappa shape index (κ1) is 16.3. The number of benzene rings is 1. The lowest BCUT2D eigenvalue weighted by atomic mass is 10.2. The number of nitrogen functional groups attached to an aromatic ring is 1. The fourth-order valence-corrected chi connectivity index (χ4v) is 2.68. The Bertz CT molecular complexity index is 870. The summed E-state index contributed by atoms with van der Waals surface area (Å²) in [4.78, 5) is 28.2. The molecule has 4 N–H and O–H groups in total. The Morgan fingerprint density at radius 3 is 2.67 bits per heavy atom. The molecule has 24 heavy (non-hydrogen) atoms. The zero-order chi connectivity index (χ0) is 17.3. The molecule has 1 saturated carbocycles. The summed E-state index contributed by atoms with van der Waals surface area (Å²) in [5, 5.41) is 3.57. The number of nitrogens with one attached hydrogen (secondary N) is 2. The summed E-state index contributed by atoms with van der Waals surface area (Å²) in [6.45, 7) is 0.270. The Kier molecular flexibility index (Phi) is 4.39. The summed E-state index contributed by atoms with van der Waals surface area (Å²) in [5.41, 5.74) is 6.12. The molecule has 0 aliphatic heterocycles. The van der Waals surface area contributed by atoms with Gasteiger partial charge in [0.2, 0.25) is 0 Å². The van der Waals surface area contributed by atoms with Gasteiger partial charge < -0.3 is 16.0 Å². The molecule has 1 aliphatic rings. The molecule has 2 aromatic rings. The second kappa shape index (κ2) is 6.48. The van der Waals surface area contributed by atoms with Crippen molar-refractivity contribution in [3.05, 3.63) is 56.7 Å². The second-order valence-corrected chi connectivity index (χ2v) is 6.23. The van der Waals surface area contributed by atoms with E-state index in [0.29, 0.717) is 11.2 Å². The van der Waals surface area contributed by atoms with Gasteiger partial charge >= 0.3 is 5.69 Å². The van der Waals surface area contributed by atoms with Crippen LogP contribution in [0.4, 0.5) is 11.5 Å². The van der Waals surface area contributed by atoms with Gasteiger partial charge in [-0.05, 0) is 30.6 Å². The molecule has 0 atom stereocenters. The molecule has 126 valence electrons. The number of aromatic nitrogens is 2. The zero-order valence-electron chi connectivity index (χ0n) is 13.3. The van der Waals surface area contributed by atoms with E-state index >= 15 is 0 Å². The molecule has 3 rings (SSSR count). The summed E-state index contributed by atoms with van der Waals surface area (Å²) in [6.07, 6.45) is 2.13. The zero-order valence-corrected chi connectivity index (χ0v) is 14.1. The van der Waals surface area contributed by atoms with Crippen LogP contribution in [0.5, 0.6) is 0 Å². The lowest BCUT2D eigenvalue weighted by molar-refractivity contribution is 0.731. The molecule has 1 fully saturated rings. The van der Waals surface area contributed by atoms with Gasteiger partial charge in [-0.25, -0.2) is 4.79 Å². The third-order valence-corrected chi connectivity index (χ3v) is 4.33. The normalized spacial score (nSPS) is 13.5. The molecule has 0 spiro atoms. The first-order chi connectivity index (χ1) is 11.5. The highest BCUT2D eigenvalue weighted by atomic mass is 32.1. The van der Waals surface area contributed by atoms with E-state index in [1.807, 2.05) is 30.3 Å². The van der Waals surface area contributed by atoms with Crippen molar-refractivity contribution in [1.82, 2.24) is 14.9 Å². The van der Waals surface area contributed by atoms with Crippen LogP contribution in [0.2, 0.25) is 0 Å². The van der Waals surface area contributed by atoms with Crippen LogP contribution in [-0.4, -0.2) is 27.8 Å². The average Bonchev–Trinajstić information content (AvgIpc) is 3.36. The van der Waals surface area contributed by atoms with Gasteiger partial charge in [-0.3, -0.25) is 14.3 Å². The molecule has 7 nitrogen and oxygen atoms in total. The maximum absolute atomic E-state index is 12.2. The lowest BCUT2D eigenvalue weighted by Gasteiger charge is -2.23. The fraction of sp³-hybridized carbons (Fsp3) is 0.312. The van der Waals surface area contributed by atoms with Crippen molar-refractivity contribution in [2.75, 3.05) is 17.7 Å². The van der Waals surface area contributed by atoms with Gasteiger partial charge in [0.25, 0.3) is 5.56 Å². The minimum atomic E-state index is -0.552. The third kappa shape index (κ3) is 3.33. The minimum absolute atomic E-state index is 0.0926. The highest BCUT2D eigenvalue weighted by Crippen LogP contribution is 2.21. The van der Waals surface area contributed by atoms with E-state index in [9.17, 15) is 9.59 Å². The Morgan fingerprint density at radius 1 is 1.38 bits per heavy atom. The third-order valence-electron chi connectivity index (χ3n) is 3.94. The number of rotatable bonds is 4. The van der Waals surface area contributed by atoms with Crippen molar-refractivity contribution in [1.29, 1.82) is 0 Å². The monoisotopic (exact) mass is 345 g/mol. The topological polar surface area (TPSA) is 96.2 Å². The number of H-pyrrole nitrogens is 1. The predicted molar refractivity (Wildman–Crippen MR) is 98.4 cm³/mol. The number of nitrogens with zero attached hydrogens (tertiary/aromatic N) is 2. The minimum Gasteiger partial charge on any atom is -0.383 e. The van der Waals surface area contributed by atoms with Gasteiger partial charge in [-0.15, -0.1) is 0 Å². The second-order valence-electron chi connectivity index (χ2n) is 5.85. The first-order valence-electron chi connectivity index (χ1n) is 7.68. The summed E-state index contributed by atoms with van der Waals surface area (Å²) in [7, 11) is 1.66. The summed E-state index contributed by atoms with van der Waals surface area (Å²) < 4.78 is 1.34. The van der Waals surface area contributed by atoms with Crippen LogP contribution in [0.25, 0.3) is 0 Å². The fourth-order valence-electron chi connectivity index (χ4n) is 2.43. The maximum Gasteiger partial charge on any atom is 0.330 e. The standard InChI is InChI=1S/C16H19N5O2S/c1-20(16(24)18-11-7-8-11)12-13(17)21(15(23)19-14(12)22)9-10-5-3-2-4-6-10/h2-6,11H,7-9,17H2,1H3,(H,18,24)(H,19,22,23). The Balaban J connectivity index is 1.97. The first-order valence-corrected chi connectivity index (χ1v) is 8.09. The molecule has 0 bridgehead atoms. The largest absolute Gasteiger partial charge is 0.383 e. The summed E-state index contributed by atoms with van der Waals surface area (Å²) in [6, 6.07) is 9.78. The smallest absolute Gasteiger partial charge is 0.330 e. The highest BCUT2D eigenvalue weighted by Gasteiger charge is 2.25. The van der Waals surface area contributed by atoms with Crippen LogP contribution in [0.15, 0.2) is 39.9 Å². The van der Waals surface area contributed by atoms with E-state index < -0.39 is 11.2 Å². The van der Waals surface area contributed by atoms with Gasteiger partial charge in [-0.1, -0.05) is 30.3 Å². The molecular weight excluding hydrogens is 326 g/mol. The van der Waals surface area contributed by atoms with Crippen molar-refractivity contribution in [2.24, 2.45) is 0 Å². The Labute approximate surface area is 144 Å². The summed E-state index contributed by atoms with van der Waals surface area (Å²) >= 11 is 5.32. The van der Waals surface area contributed by atoms with E-state index in [-0.39, 0.29) is 18.1 Å². The molecule has 0 saturated heterocycles. The van der Waals surface area contributed by atoms with Crippen LogP contribution >= 0.6 is 12.2 Å². The van der Waals surface area contributed by atoms with Crippen molar-refractivity contribution in [3.63, 3.8) is 0 Å². The molecule has 0 unspecified atom stereocenters. The number of hydrogen-bond acceptors (Lipinski definition) is 4. The molecule has 1 aliphatic carbocycles. The average molecular weight is 345 g/mol. The molecule has 1 aromatic carbocycles. The molecule has 0 amide bonds. The van der Waals surface area contributed by atoms with Gasteiger partial charge in [0.05, 0.1) is 6.54 Å². The number of anilines is 2. The summed E-state index contributed by atoms with van der Waals surface area (Å²) in [5.74, 6) is 0.0926. The molecule has 0 radical (unpaired) electrons. The van der Waals surface area contributed by atoms with Gasteiger partial charge in [0.1, 0.15) is 11.5 Å². The SMILES string of the molecule is CN(C(=S)NC1CC1)c1c(N)n(Cc2ccccc2)c(=O)[nH]c1=O. The van der Waals surface area contributed by atoms with E-state index in [1.165, 1.54) is 9.47 Å². The predicted octanol–water partition coefficient (Wildman–Crippen LogP) is 0.640. The lowest BCUT2D eigenvalue weighted by Crippen LogP contribution is -2.44. The Hall–Kier alpha value is -2.61. The highest BCUT2D eigenvalue weighted by molar-refractivity contribution is 7.80. The maximum atomic E-state index is 12.2. The quantitative estimate of drug-likeness (QED) is 0.704. The van der Waals surface area contributed by atoms with E-state index in [0.717, 1.165) is 18.4 Å². The van der Waals surface area contributed by atoms with Crippen molar-refractivity contribution in [2.45, 2.75) is 25.4 Å². The molecular formula is C16H19N5O2S. The van der Waals surface area contributed by atoms with Crippen molar-refractivity contribution in [3.8, 4) is 0 Å². The van der Waals surface area contributed by atoms with Crippen LogP contribution in [-0.2, 0) is 6.54 Å². The van der Waals surface area contributed by atoms with Crippen LogP contribution in [0.3, 0.4) is 0 Å². The van der Waals surface area contributed by atoms with Gasteiger partial charge in [0, 0.05) is 13.1 Å². The van der Waals surface area contributed by atoms with E-state index in [1.54, 1.807) is 7.05 Å². The van der Waals surface area contributed by atoms with Crippen LogP contribution in [0.1, 0.15) is 18.4 Å².